The molecular weight excluding hydrogens is 435 g/mol. The van der Waals surface area contributed by atoms with Gasteiger partial charge in [-0.05, 0) is 61.4 Å². The number of carbonyl (C=O) groups excluding carboxylic acids is 1. The van der Waals surface area contributed by atoms with Gasteiger partial charge in [-0.25, -0.2) is 9.07 Å². The number of carbonyl (C=O) groups is 1. The Morgan fingerprint density at radius 2 is 1.71 bits per heavy atom. The van der Waals surface area contributed by atoms with Gasteiger partial charge in [0.15, 0.2) is 0 Å². The van der Waals surface area contributed by atoms with Crippen molar-refractivity contribution >= 4 is 16.6 Å². The van der Waals surface area contributed by atoms with E-state index >= 15 is 0 Å². The molecule has 0 amide bonds. The van der Waals surface area contributed by atoms with Crippen LogP contribution in [0.4, 0.5) is 4.39 Å². The predicted molar refractivity (Wildman–Crippen MR) is 128 cm³/mol. The second-order valence-electron chi connectivity index (χ2n) is 8.20. The summed E-state index contributed by atoms with van der Waals surface area (Å²) in [4.78, 5) is 24.1. The predicted octanol–water partition coefficient (Wildman–Crippen LogP) is 4.16. The number of aryl methyl sites for hydroxylation is 1. The highest BCUT2D eigenvalue weighted by Crippen LogP contribution is 2.25. The summed E-state index contributed by atoms with van der Waals surface area (Å²) in [5.41, 5.74) is 1.91. The third-order valence-electron chi connectivity index (χ3n) is 5.50. The van der Waals surface area contributed by atoms with Gasteiger partial charge in [0.25, 0.3) is 5.56 Å². The summed E-state index contributed by atoms with van der Waals surface area (Å²) in [6.07, 6.45) is 0.183. The number of aromatic nitrogens is 2. The minimum atomic E-state index is -0.982. The van der Waals surface area contributed by atoms with Gasteiger partial charge in [0, 0.05) is 17.4 Å². The first-order valence-electron chi connectivity index (χ1n) is 11.1. The van der Waals surface area contributed by atoms with Crippen LogP contribution in [0.1, 0.15) is 18.9 Å². The molecule has 0 saturated carbocycles. The Bertz CT molecular complexity index is 1350. The first-order valence-corrected chi connectivity index (χ1v) is 11.1. The highest BCUT2D eigenvalue weighted by Gasteiger charge is 2.15. The van der Waals surface area contributed by atoms with Crippen LogP contribution in [0, 0.1) is 5.82 Å². The van der Waals surface area contributed by atoms with Gasteiger partial charge in [0.1, 0.15) is 30.1 Å². The highest BCUT2D eigenvalue weighted by molar-refractivity contribution is 5.93. The van der Waals surface area contributed by atoms with Crippen molar-refractivity contribution in [3.63, 3.8) is 0 Å². The summed E-state index contributed by atoms with van der Waals surface area (Å²) >= 11 is 0. The molecule has 1 unspecified atom stereocenters. The maximum absolute atomic E-state index is 13.4. The molecule has 0 aliphatic rings. The Balaban J connectivity index is 1.50. The van der Waals surface area contributed by atoms with Gasteiger partial charge in [-0.1, -0.05) is 30.3 Å². The second-order valence-corrected chi connectivity index (χ2v) is 8.20. The number of aliphatic hydroxyl groups is 1. The van der Waals surface area contributed by atoms with Crippen LogP contribution in [-0.2, 0) is 17.8 Å². The summed E-state index contributed by atoms with van der Waals surface area (Å²) in [7, 11) is 0. The number of halogens is 1. The van der Waals surface area contributed by atoms with Gasteiger partial charge in [0.2, 0.25) is 0 Å². The first kappa shape index (κ1) is 23.3. The maximum atomic E-state index is 13.4. The zero-order chi connectivity index (χ0) is 24.1. The normalized spacial score (nSPS) is 12.0. The van der Waals surface area contributed by atoms with E-state index in [4.69, 9.17) is 4.74 Å². The number of nitrogens with zero attached hydrogens (tertiary/aromatic N) is 2. The maximum Gasteiger partial charge on any atom is 0.274 e. The molecule has 6 nitrogen and oxygen atoms in total. The van der Waals surface area contributed by atoms with E-state index in [1.165, 1.54) is 16.8 Å². The largest absolute Gasteiger partial charge is 0.491 e. The average molecular weight is 461 g/mol. The molecule has 4 rings (SSSR count). The smallest absolute Gasteiger partial charge is 0.274 e. The fourth-order valence-corrected chi connectivity index (χ4v) is 3.70. The molecule has 0 bridgehead atoms. The Labute approximate surface area is 196 Å². The summed E-state index contributed by atoms with van der Waals surface area (Å²) in [5.74, 6) is 0.362. The number of hydrogen-bond acceptors (Lipinski definition) is 5. The lowest BCUT2D eigenvalue weighted by atomic mass is 10.1. The molecule has 174 valence electrons. The lowest BCUT2D eigenvalue weighted by molar-refractivity contribution is -0.116. The average Bonchev–Trinajstić information content (AvgIpc) is 2.84. The topological polar surface area (TPSA) is 81.4 Å². The van der Waals surface area contributed by atoms with Crippen LogP contribution >= 0.6 is 0 Å². The van der Waals surface area contributed by atoms with Crippen molar-refractivity contribution in [2.45, 2.75) is 32.4 Å². The molecule has 1 N–H and O–H groups in total. The van der Waals surface area contributed by atoms with Gasteiger partial charge >= 0.3 is 0 Å². The number of ether oxygens (including phenoxy) is 1. The Hall–Kier alpha value is -3.84. The standard InChI is InChI=1S/C27H25FN2O4/c1-18(31)6-7-19-8-14-23(15-9-19)34-17-22(32)16-30-27(33)25-5-3-2-4-24(25)26(29-30)20-10-12-21(28)13-11-20/h2-5,8-15,22,32H,6-7,16-17H2,1H3. The quantitative estimate of drug-likeness (QED) is 0.406. The minimum Gasteiger partial charge on any atom is -0.491 e. The number of hydrogen-bond donors (Lipinski definition) is 1. The van der Waals surface area contributed by atoms with Crippen molar-refractivity contribution in [2.24, 2.45) is 0 Å². The van der Waals surface area contributed by atoms with E-state index in [0.29, 0.717) is 40.6 Å². The SMILES string of the molecule is CC(=O)CCc1ccc(OCC(O)Cn2nc(-c3ccc(F)cc3)c3ccccc3c2=O)cc1. The number of benzene rings is 3. The van der Waals surface area contributed by atoms with Crippen LogP contribution in [0.5, 0.6) is 5.75 Å². The Kier molecular flexibility index (Phi) is 7.13. The number of ketones is 1. The van der Waals surface area contributed by atoms with Crippen molar-refractivity contribution in [1.29, 1.82) is 0 Å². The molecule has 1 heterocycles. The first-order chi connectivity index (χ1) is 16.4. The molecule has 34 heavy (non-hydrogen) atoms. The molecule has 0 aliphatic heterocycles. The fraction of sp³-hybridized carbons (Fsp3) is 0.222. The monoisotopic (exact) mass is 460 g/mol. The minimum absolute atomic E-state index is 0.0282. The van der Waals surface area contributed by atoms with E-state index in [1.54, 1.807) is 49.4 Å². The number of Topliss-reactive ketones (excluding diaryl/α,β-unsaturated/α-hetero) is 1. The van der Waals surface area contributed by atoms with Crippen molar-refractivity contribution in [3.8, 4) is 17.0 Å². The summed E-state index contributed by atoms with van der Waals surface area (Å²) in [5, 5.41) is 16.1. The third-order valence-corrected chi connectivity index (χ3v) is 5.50. The van der Waals surface area contributed by atoms with E-state index in [2.05, 4.69) is 5.10 Å². The van der Waals surface area contributed by atoms with Crippen LogP contribution in [0.3, 0.4) is 0 Å². The second kappa shape index (κ2) is 10.4. The van der Waals surface area contributed by atoms with Gasteiger partial charge in [-0.3, -0.25) is 4.79 Å². The van der Waals surface area contributed by atoms with Crippen LogP contribution in [0.2, 0.25) is 0 Å². The van der Waals surface area contributed by atoms with Crippen LogP contribution < -0.4 is 10.3 Å². The van der Waals surface area contributed by atoms with Crippen molar-refractivity contribution < 1.29 is 19.0 Å². The molecule has 3 aromatic carbocycles. The van der Waals surface area contributed by atoms with Gasteiger partial charge in [0.05, 0.1) is 17.6 Å². The molecule has 0 fully saturated rings. The van der Waals surface area contributed by atoms with Crippen molar-refractivity contribution in [1.82, 2.24) is 9.78 Å². The molecule has 4 aromatic rings. The molecule has 0 spiro atoms. The highest BCUT2D eigenvalue weighted by atomic mass is 19.1. The lowest BCUT2D eigenvalue weighted by Crippen LogP contribution is -2.32. The number of fused-ring (bicyclic) bond motifs is 1. The van der Waals surface area contributed by atoms with E-state index in [0.717, 1.165) is 5.56 Å². The Morgan fingerprint density at radius 3 is 2.38 bits per heavy atom. The molecular formula is C27H25FN2O4. The molecule has 0 radical (unpaired) electrons. The third kappa shape index (κ3) is 5.55. The van der Waals surface area contributed by atoms with E-state index in [-0.39, 0.29) is 30.3 Å². The van der Waals surface area contributed by atoms with Gasteiger partial charge in [-0.2, -0.15) is 5.10 Å². The van der Waals surface area contributed by atoms with E-state index in [1.807, 2.05) is 18.2 Å². The van der Waals surface area contributed by atoms with Gasteiger partial charge < -0.3 is 14.6 Å². The van der Waals surface area contributed by atoms with Crippen LogP contribution in [0.25, 0.3) is 22.0 Å². The zero-order valence-corrected chi connectivity index (χ0v) is 18.8. The fourth-order valence-electron chi connectivity index (χ4n) is 3.70. The molecule has 7 heteroatoms. The van der Waals surface area contributed by atoms with Gasteiger partial charge in [-0.15, -0.1) is 0 Å². The summed E-state index contributed by atoms with van der Waals surface area (Å²) < 4.78 is 20.3. The molecule has 1 aromatic heterocycles. The van der Waals surface area contributed by atoms with Crippen molar-refractivity contribution in [2.75, 3.05) is 6.61 Å². The zero-order valence-electron chi connectivity index (χ0n) is 18.8. The van der Waals surface area contributed by atoms with Crippen molar-refractivity contribution in [3.05, 3.63) is 94.5 Å². The van der Waals surface area contributed by atoms with E-state index < -0.39 is 6.10 Å². The van der Waals surface area contributed by atoms with Crippen LogP contribution in [-0.4, -0.2) is 33.4 Å². The van der Waals surface area contributed by atoms with Crippen LogP contribution in [0.15, 0.2) is 77.6 Å². The van der Waals surface area contributed by atoms with E-state index in [9.17, 15) is 19.1 Å². The Morgan fingerprint density at radius 1 is 1.03 bits per heavy atom. The summed E-state index contributed by atoms with van der Waals surface area (Å²) in [6.45, 7) is 1.48. The summed E-state index contributed by atoms with van der Waals surface area (Å²) in [6, 6.07) is 20.3. The lowest BCUT2D eigenvalue weighted by Gasteiger charge is -2.16. The molecule has 1 atom stereocenters. The molecule has 0 aliphatic carbocycles. The number of rotatable bonds is 9. The molecule has 0 saturated heterocycles. The number of aliphatic hydroxyl groups excluding tert-OH is 1.